The van der Waals surface area contributed by atoms with Crippen LogP contribution in [0.15, 0.2) is 47.3 Å². The number of hydrogen-bond donors (Lipinski definition) is 1. The van der Waals surface area contributed by atoms with Gasteiger partial charge in [0.05, 0.1) is 17.6 Å². The number of halogens is 2. The number of nitrogens with zero attached hydrogens (tertiary/aromatic N) is 3. The van der Waals surface area contributed by atoms with Gasteiger partial charge in [0.2, 0.25) is 5.91 Å². The van der Waals surface area contributed by atoms with Crippen molar-refractivity contribution >= 4 is 22.5 Å². The molecular formula is C16H12F2N4O2. The number of anilines is 1. The lowest BCUT2D eigenvalue weighted by Gasteiger charge is -2.07. The minimum Gasteiger partial charge on any atom is -0.324 e. The van der Waals surface area contributed by atoms with Crippen LogP contribution in [0.25, 0.3) is 10.9 Å². The lowest BCUT2D eigenvalue weighted by molar-refractivity contribution is -0.116. The highest BCUT2D eigenvalue weighted by Gasteiger charge is 2.10. The summed E-state index contributed by atoms with van der Waals surface area (Å²) in [4.78, 5) is 24.1. The molecule has 24 heavy (non-hydrogen) atoms. The fraction of sp³-hybridized carbons (Fsp3) is 0.125. The van der Waals surface area contributed by atoms with Gasteiger partial charge in [-0.25, -0.2) is 13.5 Å². The van der Waals surface area contributed by atoms with Gasteiger partial charge in [0.25, 0.3) is 5.56 Å². The highest BCUT2D eigenvalue weighted by Crippen LogP contribution is 2.15. The molecule has 0 unspecified atom stereocenters. The molecule has 8 heteroatoms. The summed E-state index contributed by atoms with van der Waals surface area (Å²) in [5.41, 5.74) is -0.0173. The third-order valence-corrected chi connectivity index (χ3v) is 3.39. The minimum atomic E-state index is -0.869. The second-order valence-electron chi connectivity index (χ2n) is 5.06. The summed E-state index contributed by atoms with van der Waals surface area (Å²) in [5.74, 6) is -2.13. The van der Waals surface area contributed by atoms with Crippen molar-refractivity contribution in [1.29, 1.82) is 0 Å². The molecule has 0 atom stereocenters. The van der Waals surface area contributed by atoms with Gasteiger partial charge in [-0.1, -0.05) is 17.3 Å². The van der Waals surface area contributed by atoms with Crippen LogP contribution in [0.2, 0.25) is 0 Å². The van der Waals surface area contributed by atoms with Crippen LogP contribution in [-0.2, 0) is 11.3 Å². The molecule has 1 heterocycles. The van der Waals surface area contributed by atoms with Gasteiger partial charge < -0.3 is 5.32 Å². The maximum absolute atomic E-state index is 13.5. The normalized spacial score (nSPS) is 10.8. The number of aryl methyl sites for hydroxylation is 1. The first kappa shape index (κ1) is 15.7. The molecule has 1 aromatic heterocycles. The lowest BCUT2D eigenvalue weighted by atomic mass is 10.2. The number of carbonyl (C=O) groups excluding carboxylic acids is 1. The first-order valence-electron chi connectivity index (χ1n) is 7.12. The van der Waals surface area contributed by atoms with Gasteiger partial charge in [-0.2, -0.15) is 0 Å². The molecule has 0 spiro atoms. The molecule has 3 aromatic rings. The van der Waals surface area contributed by atoms with Crippen molar-refractivity contribution in [2.45, 2.75) is 13.0 Å². The number of benzene rings is 2. The van der Waals surface area contributed by atoms with Crippen LogP contribution < -0.4 is 10.9 Å². The van der Waals surface area contributed by atoms with E-state index in [0.717, 1.165) is 16.8 Å². The average molecular weight is 330 g/mol. The van der Waals surface area contributed by atoms with Gasteiger partial charge in [-0.05, 0) is 24.3 Å². The van der Waals surface area contributed by atoms with Crippen molar-refractivity contribution in [2.24, 2.45) is 0 Å². The quantitative estimate of drug-likeness (QED) is 0.795. The topological polar surface area (TPSA) is 76.9 Å². The Morgan fingerprint density at radius 3 is 2.75 bits per heavy atom. The van der Waals surface area contributed by atoms with Crippen LogP contribution >= 0.6 is 0 Å². The van der Waals surface area contributed by atoms with E-state index in [1.807, 2.05) is 0 Å². The van der Waals surface area contributed by atoms with Gasteiger partial charge in [-0.15, -0.1) is 5.10 Å². The third kappa shape index (κ3) is 3.27. The Labute approximate surface area is 134 Å². The van der Waals surface area contributed by atoms with Crippen molar-refractivity contribution < 1.29 is 13.6 Å². The Hall–Kier alpha value is -3.16. The molecular weight excluding hydrogens is 318 g/mol. The summed E-state index contributed by atoms with van der Waals surface area (Å²) >= 11 is 0. The largest absolute Gasteiger partial charge is 0.324 e. The van der Waals surface area contributed by atoms with Gasteiger partial charge in [0.15, 0.2) is 0 Å². The van der Waals surface area contributed by atoms with Crippen LogP contribution in [0.4, 0.5) is 14.5 Å². The van der Waals surface area contributed by atoms with E-state index in [1.165, 1.54) is 0 Å². The van der Waals surface area contributed by atoms with Crippen molar-refractivity contribution in [3.63, 3.8) is 0 Å². The standard InChI is InChI=1S/C16H12F2N4O2/c17-10-5-6-14(12(18)9-10)19-15(23)7-8-22-16(24)11-3-1-2-4-13(11)20-21-22/h1-6,9H,7-8H2,(H,19,23). The summed E-state index contributed by atoms with van der Waals surface area (Å²) in [7, 11) is 0. The molecule has 2 aromatic carbocycles. The average Bonchev–Trinajstić information content (AvgIpc) is 2.57. The fourth-order valence-corrected chi connectivity index (χ4v) is 2.18. The Balaban J connectivity index is 1.70. The smallest absolute Gasteiger partial charge is 0.277 e. The second-order valence-corrected chi connectivity index (χ2v) is 5.06. The zero-order chi connectivity index (χ0) is 17.1. The van der Waals surface area contributed by atoms with Crippen molar-refractivity contribution in [3.8, 4) is 0 Å². The zero-order valence-corrected chi connectivity index (χ0v) is 12.4. The number of amides is 1. The van der Waals surface area contributed by atoms with Gasteiger partial charge in [-0.3, -0.25) is 9.59 Å². The number of carbonyl (C=O) groups is 1. The lowest BCUT2D eigenvalue weighted by Crippen LogP contribution is -2.26. The van der Waals surface area contributed by atoms with Gasteiger partial charge in [0, 0.05) is 12.5 Å². The van der Waals surface area contributed by atoms with Crippen molar-refractivity contribution in [1.82, 2.24) is 15.0 Å². The molecule has 1 amide bonds. The summed E-state index contributed by atoms with van der Waals surface area (Å²) in [6.07, 6.45) is -0.107. The molecule has 0 aliphatic carbocycles. The number of aromatic nitrogens is 3. The predicted molar refractivity (Wildman–Crippen MR) is 83.4 cm³/mol. The first-order valence-corrected chi connectivity index (χ1v) is 7.12. The Bertz CT molecular complexity index is 972. The highest BCUT2D eigenvalue weighted by atomic mass is 19.1. The van der Waals surface area contributed by atoms with E-state index in [-0.39, 0.29) is 24.2 Å². The monoisotopic (exact) mass is 330 g/mol. The first-order chi connectivity index (χ1) is 11.5. The molecule has 3 rings (SSSR count). The van der Waals surface area contributed by atoms with Crippen LogP contribution in [0.3, 0.4) is 0 Å². The maximum atomic E-state index is 13.5. The molecule has 0 fully saturated rings. The molecule has 0 aliphatic heterocycles. The van der Waals surface area contributed by atoms with E-state index in [1.54, 1.807) is 24.3 Å². The van der Waals surface area contributed by atoms with Gasteiger partial charge in [0.1, 0.15) is 17.2 Å². The molecule has 0 radical (unpaired) electrons. The van der Waals surface area contributed by atoms with E-state index in [9.17, 15) is 18.4 Å². The van der Waals surface area contributed by atoms with E-state index in [4.69, 9.17) is 0 Å². The number of fused-ring (bicyclic) bond motifs is 1. The molecule has 0 saturated carbocycles. The summed E-state index contributed by atoms with van der Waals surface area (Å²) in [6, 6.07) is 9.58. The summed E-state index contributed by atoms with van der Waals surface area (Å²) < 4.78 is 27.4. The molecule has 6 nitrogen and oxygen atoms in total. The van der Waals surface area contributed by atoms with E-state index >= 15 is 0 Å². The van der Waals surface area contributed by atoms with Crippen LogP contribution in [0, 0.1) is 11.6 Å². The van der Waals surface area contributed by atoms with E-state index in [0.29, 0.717) is 17.0 Å². The number of nitrogens with one attached hydrogen (secondary N) is 1. The number of rotatable bonds is 4. The SMILES string of the molecule is O=C(CCn1nnc2ccccc2c1=O)Nc1ccc(F)cc1F. The van der Waals surface area contributed by atoms with Crippen LogP contribution in [-0.4, -0.2) is 20.9 Å². The van der Waals surface area contributed by atoms with Crippen molar-refractivity contribution in [2.75, 3.05) is 5.32 Å². The molecule has 1 N–H and O–H groups in total. The highest BCUT2D eigenvalue weighted by molar-refractivity contribution is 5.90. The number of hydrogen-bond acceptors (Lipinski definition) is 4. The fourth-order valence-electron chi connectivity index (χ4n) is 2.18. The van der Waals surface area contributed by atoms with Gasteiger partial charge >= 0.3 is 0 Å². The third-order valence-electron chi connectivity index (χ3n) is 3.39. The second kappa shape index (κ2) is 6.53. The van der Waals surface area contributed by atoms with Crippen molar-refractivity contribution in [3.05, 3.63) is 64.5 Å². The minimum absolute atomic E-state index is 0.00862. The Kier molecular flexibility index (Phi) is 4.28. The Morgan fingerprint density at radius 2 is 1.96 bits per heavy atom. The van der Waals surface area contributed by atoms with Crippen LogP contribution in [0.1, 0.15) is 6.42 Å². The molecule has 0 bridgehead atoms. The molecule has 0 aliphatic rings. The summed E-state index contributed by atoms with van der Waals surface area (Å²) in [5, 5.41) is 10.4. The zero-order valence-electron chi connectivity index (χ0n) is 12.4. The summed E-state index contributed by atoms with van der Waals surface area (Å²) in [6.45, 7) is -0.00862. The molecule has 122 valence electrons. The predicted octanol–water partition coefficient (Wildman–Crippen LogP) is 2.10. The van der Waals surface area contributed by atoms with E-state index < -0.39 is 17.5 Å². The Morgan fingerprint density at radius 1 is 1.17 bits per heavy atom. The van der Waals surface area contributed by atoms with E-state index in [2.05, 4.69) is 15.6 Å². The molecule has 0 saturated heterocycles. The maximum Gasteiger partial charge on any atom is 0.277 e. The van der Waals surface area contributed by atoms with Crippen LogP contribution in [0.5, 0.6) is 0 Å².